The third-order valence-corrected chi connectivity index (χ3v) is 4.99. The molecule has 0 spiro atoms. The Hall–Kier alpha value is -1.78. The van der Waals surface area contributed by atoms with Crippen molar-refractivity contribution in [2.75, 3.05) is 13.7 Å². The fraction of sp³-hybridized carbons (Fsp3) is 0.381. The van der Waals surface area contributed by atoms with Crippen LogP contribution in [0.4, 0.5) is 0 Å². The molecule has 27 heavy (non-hydrogen) atoms. The number of hydrogen-bond donors (Lipinski definition) is 2. The van der Waals surface area contributed by atoms with Crippen LogP contribution in [0.3, 0.4) is 0 Å². The number of carbonyl (C=O) groups is 1. The zero-order chi connectivity index (χ0) is 19.7. The minimum Gasteiger partial charge on any atom is -0.380 e. The monoisotopic (exact) mass is 391 g/mol. The van der Waals surface area contributed by atoms with E-state index < -0.39 is 8.38 Å². The second kappa shape index (κ2) is 15.3. The van der Waals surface area contributed by atoms with Crippen molar-refractivity contribution in [1.29, 1.82) is 0 Å². The Morgan fingerprint density at radius 2 is 1.67 bits per heavy atom. The number of hydrogen-bond acceptors (Lipinski definition) is 4. The smallest absolute Gasteiger partial charge is 0.207 e. The molecule has 0 aliphatic heterocycles. The Balaban J connectivity index is 0.000000337. The third kappa shape index (κ3) is 10.8. The summed E-state index contributed by atoms with van der Waals surface area (Å²) < 4.78 is 10.3. The van der Waals surface area contributed by atoms with Crippen LogP contribution in [0.25, 0.3) is 0 Å². The molecule has 0 heterocycles. The molecule has 0 radical (unpaired) electrons. The molecule has 0 saturated heterocycles. The van der Waals surface area contributed by atoms with Gasteiger partial charge >= 0.3 is 0 Å². The molecule has 5 nitrogen and oxygen atoms in total. The van der Waals surface area contributed by atoms with Crippen LogP contribution in [-0.4, -0.2) is 30.8 Å². The second-order valence-corrected chi connectivity index (χ2v) is 7.38. The number of nitrogens with one attached hydrogen (secondary N) is 1. The summed E-state index contributed by atoms with van der Waals surface area (Å²) in [5, 5.41) is 2.63. The van der Waals surface area contributed by atoms with Crippen LogP contribution < -0.4 is 5.32 Å². The van der Waals surface area contributed by atoms with Gasteiger partial charge in [-0.1, -0.05) is 74.0 Å². The Morgan fingerprint density at radius 1 is 1.07 bits per heavy atom. The van der Waals surface area contributed by atoms with Gasteiger partial charge in [0.05, 0.1) is 13.2 Å². The minimum absolute atomic E-state index is 0.350. The first-order chi connectivity index (χ1) is 13.2. The zero-order valence-electron chi connectivity index (χ0n) is 16.1. The Labute approximate surface area is 163 Å². The van der Waals surface area contributed by atoms with Crippen molar-refractivity contribution < 1.29 is 18.9 Å². The minimum atomic E-state index is -1.63. The predicted molar refractivity (Wildman–Crippen MR) is 110 cm³/mol. The van der Waals surface area contributed by atoms with Gasteiger partial charge in [-0.3, -0.25) is 4.79 Å². The lowest BCUT2D eigenvalue weighted by Gasteiger charge is -2.21. The van der Waals surface area contributed by atoms with Crippen molar-refractivity contribution >= 4 is 14.8 Å². The van der Waals surface area contributed by atoms with Gasteiger partial charge in [-0.25, -0.2) is 0 Å². The van der Waals surface area contributed by atoms with Crippen LogP contribution in [0.5, 0.6) is 0 Å². The van der Waals surface area contributed by atoms with Gasteiger partial charge in [-0.15, -0.1) is 0 Å². The molecule has 1 unspecified atom stereocenters. The van der Waals surface area contributed by atoms with Crippen LogP contribution in [-0.2, 0) is 27.1 Å². The van der Waals surface area contributed by atoms with Crippen LogP contribution in [0.2, 0.25) is 0 Å². The summed E-state index contributed by atoms with van der Waals surface area (Å²) >= 11 is 0. The molecule has 0 aliphatic rings. The lowest BCUT2D eigenvalue weighted by Crippen LogP contribution is -2.29. The van der Waals surface area contributed by atoms with Crippen LogP contribution >= 0.6 is 8.38 Å². The third-order valence-electron chi connectivity index (χ3n) is 3.67. The summed E-state index contributed by atoms with van der Waals surface area (Å²) in [5.41, 5.74) is 2.29. The SMILES string of the molecule is CCCCOP(O)[C@H](Cc1ccccc1)NC=O.COCc1ccccc1. The highest BCUT2D eigenvalue weighted by Gasteiger charge is 2.20. The van der Waals surface area contributed by atoms with E-state index in [9.17, 15) is 9.69 Å². The highest BCUT2D eigenvalue weighted by molar-refractivity contribution is 7.47. The molecule has 0 fully saturated rings. The lowest BCUT2D eigenvalue weighted by atomic mass is 10.1. The predicted octanol–water partition coefficient (Wildman–Crippen LogP) is 4.26. The number of rotatable bonds is 11. The molecule has 2 aromatic rings. The fourth-order valence-electron chi connectivity index (χ4n) is 2.25. The normalized spacial score (nSPS) is 12.4. The molecule has 0 aliphatic carbocycles. The van der Waals surface area contributed by atoms with Gasteiger partial charge in [0.1, 0.15) is 5.78 Å². The molecular weight excluding hydrogens is 361 g/mol. The van der Waals surface area contributed by atoms with Gasteiger partial charge in [-0.05, 0) is 17.5 Å². The molecule has 148 valence electrons. The number of ether oxygens (including phenoxy) is 1. The number of carbonyl (C=O) groups excluding carboxylic acids is 1. The van der Waals surface area contributed by atoms with Crippen LogP contribution in [0.15, 0.2) is 60.7 Å². The summed E-state index contributed by atoms with van der Waals surface area (Å²) in [5.74, 6) is -0.350. The highest BCUT2D eigenvalue weighted by atomic mass is 31.2. The maximum Gasteiger partial charge on any atom is 0.207 e. The van der Waals surface area contributed by atoms with Crippen molar-refractivity contribution in [1.82, 2.24) is 5.32 Å². The molecule has 2 atom stereocenters. The van der Waals surface area contributed by atoms with Gasteiger partial charge < -0.3 is 19.5 Å². The first-order valence-electron chi connectivity index (χ1n) is 9.08. The Morgan fingerprint density at radius 3 is 2.19 bits per heavy atom. The average Bonchev–Trinajstić information content (AvgIpc) is 2.70. The standard InChI is InChI=1S/C13H20NO3P.C8H10O/c1-2-3-9-17-18(16)13(14-11-15)10-12-7-5-4-6-8-12;1-9-7-8-5-3-2-4-6-8/h4-8,11,13,16H,2-3,9-10H2,1H3,(H,14,15);2-6H,7H2,1H3/t13-,18?;/m1./s1. The zero-order valence-corrected chi connectivity index (χ0v) is 17.0. The molecule has 1 amide bonds. The van der Waals surface area contributed by atoms with Gasteiger partial charge in [-0.2, -0.15) is 0 Å². The second-order valence-electron chi connectivity index (χ2n) is 5.90. The number of unbranched alkanes of at least 4 members (excludes halogenated alkanes) is 1. The summed E-state index contributed by atoms with van der Waals surface area (Å²) in [4.78, 5) is 20.5. The Bertz CT molecular complexity index is 598. The summed E-state index contributed by atoms with van der Waals surface area (Å²) in [6.45, 7) is 3.31. The van der Waals surface area contributed by atoms with Crippen molar-refractivity contribution in [2.45, 2.75) is 38.6 Å². The van der Waals surface area contributed by atoms with E-state index >= 15 is 0 Å². The van der Waals surface area contributed by atoms with E-state index in [0.29, 0.717) is 26.0 Å². The van der Waals surface area contributed by atoms with Crippen molar-refractivity contribution in [3.05, 3.63) is 71.8 Å². The van der Waals surface area contributed by atoms with Crippen molar-refractivity contribution in [3.8, 4) is 0 Å². The van der Waals surface area contributed by atoms with E-state index in [4.69, 9.17) is 9.26 Å². The van der Waals surface area contributed by atoms with Gasteiger partial charge in [0.15, 0.2) is 8.38 Å². The maximum absolute atomic E-state index is 10.6. The molecule has 0 aromatic heterocycles. The highest BCUT2D eigenvalue weighted by Crippen LogP contribution is 2.38. The van der Waals surface area contributed by atoms with Gasteiger partial charge in [0.2, 0.25) is 6.41 Å². The first-order valence-corrected chi connectivity index (χ1v) is 10.4. The summed E-state index contributed by atoms with van der Waals surface area (Å²) in [6, 6.07) is 19.8. The van der Waals surface area contributed by atoms with E-state index in [1.165, 1.54) is 5.56 Å². The Kier molecular flexibility index (Phi) is 13.2. The topological polar surface area (TPSA) is 67.8 Å². The average molecular weight is 391 g/mol. The van der Waals surface area contributed by atoms with Crippen LogP contribution in [0.1, 0.15) is 30.9 Å². The summed E-state index contributed by atoms with van der Waals surface area (Å²) in [6.07, 6.45) is 3.13. The maximum atomic E-state index is 10.6. The quantitative estimate of drug-likeness (QED) is 0.341. The van der Waals surface area contributed by atoms with Gasteiger partial charge in [0, 0.05) is 13.5 Å². The van der Waals surface area contributed by atoms with E-state index in [2.05, 4.69) is 12.2 Å². The summed E-state index contributed by atoms with van der Waals surface area (Å²) in [7, 11) is 0.0739. The van der Waals surface area contributed by atoms with Crippen molar-refractivity contribution in [3.63, 3.8) is 0 Å². The van der Waals surface area contributed by atoms with E-state index in [0.717, 1.165) is 18.4 Å². The van der Waals surface area contributed by atoms with Crippen molar-refractivity contribution in [2.24, 2.45) is 0 Å². The largest absolute Gasteiger partial charge is 0.380 e. The molecule has 0 saturated carbocycles. The van der Waals surface area contributed by atoms with E-state index in [1.54, 1.807) is 7.11 Å². The molecule has 0 bridgehead atoms. The number of methoxy groups -OCH3 is 1. The van der Waals surface area contributed by atoms with E-state index in [-0.39, 0.29) is 5.78 Å². The first kappa shape index (κ1) is 23.3. The lowest BCUT2D eigenvalue weighted by molar-refractivity contribution is -0.109. The molecular formula is C21H30NO4P. The molecule has 2 N–H and O–H groups in total. The molecule has 2 aromatic carbocycles. The number of amides is 1. The molecule has 6 heteroatoms. The van der Waals surface area contributed by atoms with Gasteiger partial charge in [0.25, 0.3) is 0 Å². The van der Waals surface area contributed by atoms with Crippen LogP contribution in [0, 0.1) is 0 Å². The number of benzene rings is 2. The molecule has 2 rings (SSSR count). The fourth-order valence-corrected chi connectivity index (χ4v) is 3.30. The van der Waals surface area contributed by atoms with E-state index in [1.807, 2.05) is 60.7 Å².